The maximum absolute atomic E-state index is 13.0. The molecule has 0 N–H and O–H groups in total. The monoisotopic (exact) mass is 369 g/mol. The molecule has 0 saturated carbocycles. The van der Waals surface area contributed by atoms with Gasteiger partial charge in [-0.25, -0.2) is 0 Å². The topological polar surface area (TPSA) is 43.1 Å². The van der Waals surface area contributed by atoms with Gasteiger partial charge in [0.1, 0.15) is 5.56 Å². The standard InChI is InChI=1S/C13H5Cl3F3NO2/c14-6-4-8(11(16)10(15)5-6)7-2-1-3-9(13(17,18)19)12(7)20(21)22/h1-5H. The molecular weight excluding hydrogens is 366 g/mol. The summed E-state index contributed by atoms with van der Waals surface area (Å²) in [6, 6.07) is 5.34. The minimum Gasteiger partial charge on any atom is -0.258 e. The van der Waals surface area contributed by atoms with Crippen LogP contribution < -0.4 is 0 Å². The first kappa shape index (κ1) is 16.9. The van der Waals surface area contributed by atoms with E-state index in [0.29, 0.717) is 6.07 Å². The lowest BCUT2D eigenvalue weighted by molar-refractivity contribution is -0.387. The summed E-state index contributed by atoms with van der Waals surface area (Å²) in [5.74, 6) is 0. The second-order valence-electron chi connectivity index (χ2n) is 4.21. The molecule has 0 bridgehead atoms. The van der Waals surface area contributed by atoms with E-state index in [4.69, 9.17) is 34.8 Å². The van der Waals surface area contributed by atoms with Crippen molar-refractivity contribution in [2.45, 2.75) is 6.18 Å². The van der Waals surface area contributed by atoms with E-state index in [2.05, 4.69) is 0 Å². The Hall–Kier alpha value is -1.50. The highest BCUT2D eigenvalue weighted by molar-refractivity contribution is 6.45. The van der Waals surface area contributed by atoms with Gasteiger partial charge in [0.15, 0.2) is 0 Å². The lowest BCUT2D eigenvalue weighted by Gasteiger charge is -2.12. The van der Waals surface area contributed by atoms with E-state index in [1.807, 2.05) is 0 Å². The zero-order valence-electron chi connectivity index (χ0n) is 10.4. The number of alkyl halides is 3. The van der Waals surface area contributed by atoms with E-state index in [-0.39, 0.29) is 26.2 Å². The van der Waals surface area contributed by atoms with Gasteiger partial charge in [-0.15, -0.1) is 0 Å². The van der Waals surface area contributed by atoms with Gasteiger partial charge in [-0.2, -0.15) is 13.2 Å². The number of nitro benzene ring substituents is 1. The van der Waals surface area contributed by atoms with Crippen molar-refractivity contribution >= 4 is 40.5 Å². The average Bonchev–Trinajstić information content (AvgIpc) is 2.40. The molecule has 0 aliphatic heterocycles. The minimum absolute atomic E-state index is 0.0177. The van der Waals surface area contributed by atoms with Crippen molar-refractivity contribution in [3.8, 4) is 11.1 Å². The molecule has 0 atom stereocenters. The predicted octanol–water partition coefficient (Wildman–Crippen LogP) is 6.24. The van der Waals surface area contributed by atoms with Crippen LogP contribution in [0.15, 0.2) is 30.3 Å². The Morgan fingerprint density at radius 2 is 1.68 bits per heavy atom. The van der Waals surface area contributed by atoms with Crippen LogP contribution >= 0.6 is 34.8 Å². The van der Waals surface area contributed by atoms with Gasteiger partial charge in [0.05, 0.1) is 20.5 Å². The number of hydrogen-bond acceptors (Lipinski definition) is 2. The number of nitrogens with zero attached hydrogens (tertiary/aromatic N) is 1. The van der Waals surface area contributed by atoms with Crippen molar-refractivity contribution in [3.05, 3.63) is 61.1 Å². The van der Waals surface area contributed by atoms with Crippen molar-refractivity contribution in [2.75, 3.05) is 0 Å². The predicted molar refractivity (Wildman–Crippen MR) is 78.6 cm³/mol. The van der Waals surface area contributed by atoms with Gasteiger partial charge in [-0.05, 0) is 24.3 Å². The highest BCUT2D eigenvalue weighted by Gasteiger charge is 2.40. The third-order valence-electron chi connectivity index (χ3n) is 2.81. The Balaban J connectivity index is 2.85. The summed E-state index contributed by atoms with van der Waals surface area (Å²) in [7, 11) is 0. The molecular formula is C13H5Cl3F3NO2. The molecule has 0 unspecified atom stereocenters. The van der Waals surface area contributed by atoms with Gasteiger partial charge in [0, 0.05) is 10.6 Å². The van der Waals surface area contributed by atoms with Gasteiger partial charge in [-0.1, -0.05) is 40.9 Å². The van der Waals surface area contributed by atoms with Crippen molar-refractivity contribution in [3.63, 3.8) is 0 Å². The number of halogens is 6. The summed E-state index contributed by atoms with van der Waals surface area (Å²) in [6.45, 7) is 0. The Morgan fingerprint density at radius 3 is 2.23 bits per heavy atom. The van der Waals surface area contributed by atoms with Crippen molar-refractivity contribution in [1.82, 2.24) is 0 Å². The third kappa shape index (κ3) is 3.14. The first-order chi connectivity index (χ1) is 10.1. The number of hydrogen-bond donors (Lipinski definition) is 0. The van der Waals surface area contributed by atoms with Gasteiger partial charge >= 0.3 is 6.18 Å². The fourth-order valence-electron chi connectivity index (χ4n) is 1.94. The fourth-order valence-corrected chi connectivity index (χ4v) is 2.64. The molecule has 3 nitrogen and oxygen atoms in total. The van der Waals surface area contributed by atoms with E-state index in [1.54, 1.807) is 0 Å². The first-order valence-electron chi connectivity index (χ1n) is 5.62. The Morgan fingerprint density at radius 1 is 1.05 bits per heavy atom. The smallest absolute Gasteiger partial charge is 0.258 e. The highest BCUT2D eigenvalue weighted by atomic mass is 35.5. The molecule has 0 amide bonds. The molecule has 0 fully saturated rings. The largest absolute Gasteiger partial charge is 0.423 e. The van der Waals surface area contributed by atoms with Crippen LogP contribution in [0.2, 0.25) is 15.1 Å². The summed E-state index contributed by atoms with van der Waals surface area (Å²) in [4.78, 5) is 10.0. The molecule has 2 aromatic carbocycles. The van der Waals surface area contributed by atoms with E-state index in [1.165, 1.54) is 12.1 Å². The van der Waals surface area contributed by atoms with Crippen molar-refractivity contribution < 1.29 is 18.1 Å². The molecule has 2 rings (SSSR count). The first-order valence-corrected chi connectivity index (χ1v) is 6.76. The van der Waals surface area contributed by atoms with Crippen LogP contribution in [0.4, 0.5) is 18.9 Å². The van der Waals surface area contributed by atoms with Crippen LogP contribution in [-0.2, 0) is 6.18 Å². The summed E-state index contributed by atoms with van der Waals surface area (Å²) in [5.41, 5.74) is -2.83. The minimum atomic E-state index is -4.88. The second kappa shape index (κ2) is 5.95. The van der Waals surface area contributed by atoms with Gasteiger partial charge in [0.2, 0.25) is 0 Å². The van der Waals surface area contributed by atoms with Crippen LogP contribution in [0.25, 0.3) is 11.1 Å². The van der Waals surface area contributed by atoms with Gasteiger partial charge < -0.3 is 0 Å². The average molecular weight is 371 g/mol. The molecule has 0 aliphatic carbocycles. The summed E-state index contributed by atoms with van der Waals surface area (Å²) >= 11 is 17.6. The normalized spacial score (nSPS) is 11.5. The fraction of sp³-hybridized carbons (Fsp3) is 0.0769. The Labute approximate surface area is 137 Å². The molecule has 9 heteroatoms. The number of nitro groups is 1. The molecule has 0 saturated heterocycles. The lowest BCUT2D eigenvalue weighted by atomic mass is 9.99. The summed E-state index contributed by atoms with van der Waals surface area (Å²) in [6.07, 6.45) is -4.88. The van der Waals surface area contributed by atoms with Gasteiger partial charge in [-0.3, -0.25) is 10.1 Å². The molecule has 0 spiro atoms. The van der Waals surface area contributed by atoms with E-state index in [9.17, 15) is 23.3 Å². The molecule has 0 heterocycles. The zero-order valence-corrected chi connectivity index (χ0v) is 12.7. The zero-order chi connectivity index (χ0) is 16.7. The molecule has 22 heavy (non-hydrogen) atoms. The van der Waals surface area contributed by atoms with Crippen LogP contribution in [-0.4, -0.2) is 4.92 Å². The number of para-hydroxylation sites is 1. The van der Waals surface area contributed by atoms with E-state index < -0.39 is 22.4 Å². The summed E-state index contributed by atoms with van der Waals surface area (Å²) in [5, 5.41) is 11.1. The number of benzene rings is 2. The van der Waals surface area contributed by atoms with Crippen LogP contribution in [0.5, 0.6) is 0 Å². The molecule has 0 radical (unpaired) electrons. The van der Waals surface area contributed by atoms with Crippen molar-refractivity contribution in [2.24, 2.45) is 0 Å². The number of rotatable bonds is 2. The highest BCUT2D eigenvalue weighted by Crippen LogP contribution is 2.45. The van der Waals surface area contributed by atoms with Crippen LogP contribution in [0.3, 0.4) is 0 Å². The molecule has 116 valence electrons. The van der Waals surface area contributed by atoms with E-state index >= 15 is 0 Å². The van der Waals surface area contributed by atoms with E-state index in [0.717, 1.165) is 12.1 Å². The third-order valence-corrected chi connectivity index (χ3v) is 3.83. The lowest BCUT2D eigenvalue weighted by Crippen LogP contribution is -2.09. The van der Waals surface area contributed by atoms with Gasteiger partial charge in [0.25, 0.3) is 5.69 Å². The summed E-state index contributed by atoms with van der Waals surface area (Å²) < 4.78 is 38.9. The van der Waals surface area contributed by atoms with Crippen molar-refractivity contribution in [1.29, 1.82) is 0 Å². The Bertz CT molecular complexity index is 763. The Kier molecular flexibility index (Phi) is 4.56. The quantitative estimate of drug-likeness (QED) is 0.357. The molecule has 0 aromatic heterocycles. The van der Waals surface area contributed by atoms with Crippen LogP contribution in [0.1, 0.15) is 5.56 Å². The van der Waals surface area contributed by atoms with Crippen LogP contribution in [0, 0.1) is 10.1 Å². The molecule has 0 aliphatic rings. The molecule has 2 aromatic rings. The maximum Gasteiger partial charge on any atom is 0.423 e. The second-order valence-corrected chi connectivity index (χ2v) is 5.43. The maximum atomic E-state index is 13.0. The SMILES string of the molecule is O=[N+]([O-])c1c(-c2cc(Cl)cc(Cl)c2Cl)cccc1C(F)(F)F.